The lowest BCUT2D eigenvalue weighted by Crippen LogP contribution is -2.40. The Labute approximate surface area is 110 Å². The summed E-state index contributed by atoms with van der Waals surface area (Å²) >= 11 is 0. The molecular formula is C16H24N2. The maximum absolute atomic E-state index is 5.84. The molecular weight excluding hydrogens is 220 g/mol. The Morgan fingerprint density at radius 2 is 1.94 bits per heavy atom. The second-order valence-electron chi connectivity index (χ2n) is 6.00. The van der Waals surface area contributed by atoms with Crippen molar-refractivity contribution < 1.29 is 0 Å². The molecule has 0 spiro atoms. The van der Waals surface area contributed by atoms with Crippen LogP contribution in [0, 0.1) is 5.92 Å². The van der Waals surface area contributed by atoms with Gasteiger partial charge in [0.15, 0.2) is 0 Å². The minimum absolute atomic E-state index is 0.469. The summed E-state index contributed by atoms with van der Waals surface area (Å²) in [6, 6.07) is 9.37. The van der Waals surface area contributed by atoms with Gasteiger partial charge in [0.05, 0.1) is 0 Å². The molecule has 0 bridgehead atoms. The highest BCUT2D eigenvalue weighted by molar-refractivity contribution is 5.36. The summed E-state index contributed by atoms with van der Waals surface area (Å²) in [6.45, 7) is 0. The molecule has 98 valence electrons. The largest absolute Gasteiger partial charge is 0.271 e. The molecule has 18 heavy (non-hydrogen) atoms. The molecule has 0 aromatic heterocycles. The Hall–Kier alpha value is -0.860. The smallest absolute Gasteiger partial charge is 0.0282 e. The maximum Gasteiger partial charge on any atom is 0.0282 e. The van der Waals surface area contributed by atoms with E-state index in [1.54, 1.807) is 5.56 Å². The van der Waals surface area contributed by atoms with E-state index in [0.717, 1.165) is 5.92 Å². The minimum atomic E-state index is 0.469. The molecule has 2 heteroatoms. The van der Waals surface area contributed by atoms with Gasteiger partial charge in [-0.2, -0.15) is 0 Å². The zero-order valence-electron chi connectivity index (χ0n) is 11.1. The fourth-order valence-electron chi connectivity index (χ4n) is 3.96. The van der Waals surface area contributed by atoms with Crippen LogP contribution < -0.4 is 11.3 Å². The van der Waals surface area contributed by atoms with E-state index in [9.17, 15) is 0 Å². The molecule has 2 unspecified atom stereocenters. The normalized spacial score (nSPS) is 25.3. The van der Waals surface area contributed by atoms with Crippen molar-refractivity contribution in [2.45, 2.75) is 56.9 Å². The number of rotatable bonds is 4. The Morgan fingerprint density at radius 3 is 2.72 bits per heavy atom. The predicted octanol–water partition coefficient (Wildman–Crippen LogP) is 3.13. The Bertz CT molecular complexity index is 396. The van der Waals surface area contributed by atoms with Gasteiger partial charge < -0.3 is 0 Å². The maximum atomic E-state index is 5.84. The highest BCUT2D eigenvalue weighted by Crippen LogP contribution is 2.39. The number of fused-ring (bicyclic) bond motifs is 1. The van der Waals surface area contributed by atoms with Gasteiger partial charge in [0.2, 0.25) is 0 Å². The first-order valence-electron chi connectivity index (χ1n) is 7.42. The van der Waals surface area contributed by atoms with Crippen LogP contribution in [0.3, 0.4) is 0 Å². The fraction of sp³-hybridized carbons (Fsp3) is 0.625. The van der Waals surface area contributed by atoms with E-state index in [1.165, 1.54) is 50.5 Å². The van der Waals surface area contributed by atoms with E-state index >= 15 is 0 Å². The van der Waals surface area contributed by atoms with Crippen molar-refractivity contribution in [3.63, 3.8) is 0 Å². The lowest BCUT2D eigenvalue weighted by atomic mass is 9.86. The van der Waals surface area contributed by atoms with Gasteiger partial charge in [-0.25, -0.2) is 0 Å². The molecule has 0 saturated heterocycles. The van der Waals surface area contributed by atoms with Crippen LogP contribution in [0.15, 0.2) is 24.3 Å². The second-order valence-corrected chi connectivity index (χ2v) is 6.00. The van der Waals surface area contributed by atoms with Crippen LogP contribution in [0.1, 0.15) is 55.6 Å². The average Bonchev–Trinajstić information content (AvgIpc) is 3.05. The highest BCUT2D eigenvalue weighted by atomic mass is 15.2. The molecule has 0 aliphatic heterocycles. The van der Waals surface area contributed by atoms with Gasteiger partial charge in [0.25, 0.3) is 0 Å². The molecule has 1 fully saturated rings. The molecule has 1 aromatic carbocycles. The third kappa shape index (κ3) is 2.32. The SMILES string of the molecule is NNC(CC1CCCC1)C1CCc2ccccc21. The second kappa shape index (κ2) is 5.41. The lowest BCUT2D eigenvalue weighted by molar-refractivity contribution is 0.344. The monoisotopic (exact) mass is 244 g/mol. The third-order valence-electron chi connectivity index (χ3n) is 4.94. The van der Waals surface area contributed by atoms with E-state index in [1.807, 2.05) is 0 Å². The Morgan fingerprint density at radius 1 is 1.17 bits per heavy atom. The van der Waals surface area contributed by atoms with Crippen LogP contribution in [0.2, 0.25) is 0 Å². The van der Waals surface area contributed by atoms with Crippen molar-refractivity contribution in [2.75, 3.05) is 0 Å². The molecule has 1 aromatic rings. The van der Waals surface area contributed by atoms with E-state index in [4.69, 9.17) is 5.84 Å². The number of benzene rings is 1. The number of hydrogen-bond donors (Lipinski definition) is 2. The first kappa shape index (κ1) is 12.2. The standard InChI is InChI=1S/C16H24N2/c17-18-16(11-12-5-1-2-6-12)15-10-9-13-7-3-4-8-14(13)15/h3-4,7-8,12,15-16,18H,1-2,5-6,9-11,17H2. The van der Waals surface area contributed by atoms with Crippen LogP contribution in [-0.4, -0.2) is 6.04 Å². The molecule has 2 atom stereocenters. The van der Waals surface area contributed by atoms with Crippen molar-refractivity contribution in [1.29, 1.82) is 0 Å². The van der Waals surface area contributed by atoms with Crippen molar-refractivity contribution >= 4 is 0 Å². The Balaban J connectivity index is 1.72. The van der Waals surface area contributed by atoms with Crippen LogP contribution in [-0.2, 0) is 6.42 Å². The van der Waals surface area contributed by atoms with E-state index in [-0.39, 0.29) is 0 Å². The molecule has 1 saturated carbocycles. The fourth-order valence-corrected chi connectivity index (χ4v) is 3.96. The van der Waals surface area contributed by atoms with Crippen molar-refractivity contribution in [2.24, 2.45) is 11.8 Å². The van der Waals surface area contributed by atoms with Gasteiger partial charge in [-0.3, -0.25) is 11.3 Å². The summed E-state index contributed by atoms with van der Waals surface area (Å²) in [6.07, 6.45) is 9.41. The van der Waals surface area contributed by atoms with Crippen LogP contribution in [0.25, 0.3) is 0 Å². The summed E-state index contributed by atoms with van der Waals surface area (Å²) in [5, 5.41) is 0. The first-order valence-corrected chi connectivity index (χ1v) is 7.42. The predicted molar refractivity (Wildman–Crippen MR) is 75.2 cm³/mol. The van der Waals surface area contributed by atoms with Gasteiger partial charge in [0.1, 0.15) is 0 Å². The van der Waals surface area contributed by atoms with Gasteiger partial charge in [-0.15, -0.1) is 0 Å². The zero-order valence-corrected chi connectivity index (χ0v) is 11.1. The summed E-state index contributed by atoms with van der Waals surface area (Å²) in [5.74, 6) is 7.37. The van der Waals surface area contributed by atoms with Crippen molar-refractivity contribution in [3.8, 4) is 0 Å². The van der Waals surface area contributed by atoms with Gasteiger partial charge in [-0.1, -0.05) is 49.9 Å². The van der Waals surface area contributed by atoms with Crippen LogP contribution in [0.4, 0.5) is 0 Å². The number of nitrogens with two attached hydrogens (primary N) is 1. The molecule has 3 N–H and O–H groups in total. The van der Waals surface area contributed by atoms with E-state index in [0.29, 0.717) is 12.0 Å². The Kier molecular flexibility index (Phi) is 3.67. The molecule has 2 aliphatic rings. The molecule has 3 rings (SSSR count). The summed E-state index contributed by atoms with van der Waals surface area (Å²) in [4.78, 5) is 0. The number of hydrogen-bond acceptors (Lipinski definition) is 2. The topological polar surface area (TPSA) is 38.0 Å². The van der Waals surface area contributed by atoms with Gasteiger partial charge >= 0.3 is 0 Å². The first-order chi connectivity index (χ1) is 8.88. The lowest BCUT2D eigenvalue weighted by Gasteiger charge is -2.26. The highest BCUT2D eigenvalue weighted by Gasteiger charge is 2.31. The average molecular weight is 244 g/mol. The summed E-state index contributed by atoms with van der Waals surface area (Å²) in [7, 11) is 0. The van der Waals surface area contributed by atoms with E-state index < -0.39 is 0 Å². The van der Waals surface area contributed by atoms with Gasteiger partial charge in [0, 0.05) is 12.0 Å². The third-order valence-corrected chi connectivity index (χ3v) is 4.94. The molecule has 0 heterocycles. The van der Waals surface area contributed by atoms with Crippen molar-refractivity contribution in [3.05, 3.63) is 35.4 Å². The number of aryl methyl sites for hydroxylation is 1. The number of hydrazine groups is 1. The number of nitrogens with one attached hydrogen (secondary N) is 1. The molecule has 0 amide bonds. The van der Waals surface area contributed by atoms with Crippen LogP contribution in [0.5, 0.6) is 0 Å². The van der Waals surface area contributed by atoms with Gasteiger partial charge in [-0.05, 0) is 36.3 Å². The zero-order chi connectivity index (χ0) is 12.4. The quantitative estimate of drug-likeness (QED) is 0.631. The summed E-state index contributed by atoms with van der Waals surface area (Å²) < 4.78 is 0. The van der Waals surface area contributed by atoms with Crippen LogP contribution >= 0.6 is 0 Å². The molecule has 2 nitrogen and oxygen atoms in total. The summed E-state index contributed by atoms with van der Waals surface area (Å²) in [5.41, 5.74) is 6.19. The molecule has 0 radical (unpaired) electrons. The minimum Gasteiger partial charge on any atom is -0.271 e. The molecule has 2 aliphatic carbocycles. The van der Waals surface area contributed by atoms with Crippen molar-refractivity contribution in [1.82, 2.24) is 5.43 Å². The van der Waals surface area contributed by atoms with E-state index in [2.05, 4.69) is 29.7 Å².